The SMILES string of the molecule is Nc1cccc2oc(-c3cccs3)nc12. The van der Waals surface area contributed by atoms with Gasteiger partial charge in [0.2, 0.25) is 5.89 Å². The van der Waals surface area contributed by atoms with Crippen molar-refractivity contribution >= 4 is 28.1 Å². The fraction of sp³-hybridized carbons (Fsp3) is 0. The van der Waals surface area contributed by atoms with Gasteiger partial charge in [-0.05, 0) is 23.6 Å². The van der Waals surface area contributed by atoms with E-state index in [0.29, 0.717) is 11.6 Å². The largest absolute Gasteiger partial charge is 0.435 e. The van der Waals surface area contributed by atoms with Crippen LogP contribution in [-0.2, 0) is 0 Å². The zero-order chi connectivity index (χ0) is 10.3. The quantitative estimate of drug-likeness (QED) is 0.636. The summed E-state index contributed by atoms with van der Waals surface area (Å²) in [6.45, 7) is 0. The predicted octanol–water partition coefficient (Wildman–Crippen LogP) is 3.14. The Labute approximate surface area is 90.2 Å². The lowest BCUT2D eigenvalue weighted by atomic mass is 10.3. The van der Waals surface area contributed by atoms with Crippen molar-refractivity contribution < 1.29 is 4.42 Å². The lowest BCUT2D eigenvalue weighted by Gasteiger charge is -1.89. The second-order valence-corrected chi connectivity index (χ2v) is 4.14. The first kappa shape index (κ1) is 8.49. The summed E-state index contributed by atoms with van der Waals surface area (Å²) < 4.78 is 5.61. The van der Waals surface area contributed by atoms with Gasteiger partial charge in [-0.15, -0.1) is 11.3 Å². The van der Waals surface area contributed by atoms with Crippen LogP contribution in [0.1, 0.15) is 0 Å². The van der Waals surface area contributed by atoms with Crippen molar-refractivity contribution in [1.82, 2.24) is 4.98 Å². The van der Waals surface area contributed by atoms with Crippen molar-refractivity contribution in [3.05, 3.63) is 35.7 Å². The molecule has 3 aromatic rings. The molecule has 0 fully saturated rings. The van der Waals surface area contributed by atoms with Crippen LogP contribution in [0.3, 0.4) is 0 Å². The topological polar surface area (TPSA) is 52.0 Å². The molecule has 2 N–H and O–H groups in total. The minimum absolute atomic E-state index is 0.637. The Morgan fingerprint density at radius 1 is 1.20 bits per heavy atom. The molecular weight excluding hydrogens is 208 g/mol. The normalized spacial score (nSPS) is 10.9. The van der Waals surface area contributed by atoms with E-state index < -0.39 is 0 Å². The minimum Gasteiger partial charge on any atom is -0.435 e. The van der Waals surface area contributed by atoms with Gasteiger partial charge >= 0.3 is 0 Å². The van der Waals surface area contributed by atoms with Gasteiger partial charge in [-0.3, -0.25) is 0 Å². The Morgan fingerprint density at radius 2 is 2.13 bits per heavy atom. The summed E-state index contributed by atoms with van der Waals surface area (Å²) in [4.78, 5) is 5.39. The molecule has 4 heteroatoms. The van der Waals surface area contributed by atoms with Crippen LogP contribution in [0.25, 0.3) is 21.9 Å². The molecule has 0 amide bonds. The van der Waals surface area contributed by atoms with E-state index >= 15 is 0 Å². The molecule has 2 heterocycles. The monoisotopic (exact) mass is 216 g/mol. The average molecular weight is 216 g/mol. The molecule has 0 saturated heterocycles. The Kier molecular flexibility index (Phi) is 1.76. The van der Waals surface area contributed by atoms with Crippen molar-refractivity contribution in [3.8, 4) is 10.8 Å². The number of anilines is 1. The fourth-order valence-electron chi connectivity index (χ4n) is 1.48. The molecule has 0 aliphatic heterocycles. The van der Waals surface area contributed by atoms with Crippen molar-refractivity contribution in [2.24, 2.45) is 0 Å². The van der Waals surface area contributed by atoms with Crippen LogP contribution in [0.4, 0.5) is 5.69 Å². The van der Waals surface area contributed by atoms with E-state index in [1.165, 1.54) is 0 Å². The van der Waals surface area contributed by atoms with Gasteiger partial charge in [-0.1, -0.05) is 12.1 Å². The molecule has 0 unspecified atom stereocenters. The minimum atomic E-state index is 0.637. The van der Waals surface area contributed by atoms with Gasteiger partial charge in [0.1, 0.15) is 5.52 Å². The van der Waals surface area contributed by atoms with Gasteiger partial charge in [0.15, 0.2) is 5.58 Å². The van der Waals surface area contributed by atoms with Crippen LogP contribution in [0.5, 0.6) is 0 Å². The number of benzene rings is 1. The highest BCUT2D eigenvalue weighted by atomic mass is 32.1. The number of rotatable bonds is 1. The summed E-state index contributed by atoms with van der Waals surface area (Å²) in [6.07, 6.45) is 0. The molecular formula is C11H8N2OS. The van der Waals surface area contributed by atoms with Gasteiger partial charge in [-0.25, -0.2) is 4.98 Å². The number of thiophene rings is 1. The molecule has 3 rings (SSSR count). The summed E-state index contributed by atoms with van der Waals surface area (Å²) in [7, 11) is 0. The third-order valence-corrected chi connectivity index (χ3v) is 3.04. The third-order valence-electron chi connectivity index (χ3n) is 2.18. The predicted molar refractivity (Wildman–Crippen MR) is 61.7 cm³/mol. The van der Waals surface area contributed by atoms with E-state index in [0.717, 1.165) is 16.0 Å². The van der Waals surface area contributed by atoms with Gasteiger partial charge in [0.05, 0.1) is 10.6 Å². The summed E-state index contributed by atoms with van der Waals surface area (Å²) in [5, 5.41) is 1.99. The second kappa shape index (κ2) is 3.10. The first-order valence-corrected chi connectivity index (χ1v) is 5.41. The van der Waals surface area contributed by atoms with E-state index in [1.807, 2.05) is 35.7 Å². The molecule has 0 bridgehead atoms. The van der Waals surface area contributed by atoms with Crippen molar-refractivity contribution in [3.63, 3.8) is 0 Å². The van der Waals surface area contributed by atoms with E-state index in [1.54, 1.807) is 11.3 Å². The summed E-state index contributed by atoms with van der Waals surface area (Å²) in [5.74, 6) is 0.637. The molecule has 0 spiro atoms. The van der Waals surface area contributed by atoms with Gasteiger partial charge in [-0.2, -0.15) is 0 Å². The van der Waals surface area contributed by atoms with Crippen LogP contribution in [-0.4, -0.2) is 4.98 Å². The Balaban J connectivity index is 2.27. The van der Waals surface area contributed by atoms with E-state index in [-0.39, 0.29) is 0 Å². The van der Waals surface area contributed by atoms with Crippen LogP contribution in [0.15, 0.2) is 40.1 Å². The van der Waals surface area contributed by atoms with E-state index in [2.05, 4.69) is 4.98 Å². The molecule has 1 aromatic carbocycles. The molecule has 0 radical (unpaired) electrons. The summed E-state index contributed by atoms with van der Waals surface area (Å²) >= 11 is 1.60. The van der Waals surface area contributed by atoms with Crippen molar-refractivity contribution in [2.75, 3.05) is 5.73 Å². The number of para-hydroxylation sites is 1. The number of hydrogen-bond donors (Lipinski definition) is 1. The average Bonchev–Trinajstić information content (AvgIpc) is 2.86. The third kappa shape index (κ3) is 1.30. The van der Waals surface area contributed by atoms with Crippen LogP contribution in [0, 0.1) is 0 Å². The number of nitrogens with two attached hydrogens (primary N) is 1. The lowest BCUT2D eigenvalue weighted by molar-refractivity contribution is 0.621. The highest BCUT2D eigenvalue weighted by Crippen LogP contribution is 2.29. The highest BCUT2D eigenvalue weighted by molar-refractivity contribution is 7.13. The lowest BCUT2D eigenvalue weighted by Crippen LogP contribution is -1.84. The molecule has 0 aliphatic rings. The number of nitrogens with zero attached hydrogens (tertiary/aromatic N) is 1. The molecule has 2 aromatic heterocycles. The Morgan fingerprint density at radius 3 is 2.87 bits per heavy atom. The molecule has 0 atom stereocenters. The Bertz CT molecular complexity index is 598. The smallest absolute Gasteiger partial charge is 0.237 e. The highest BCUT2D eigenvalue weighted by Gasteiger charge is 2.10. The summed E-state index contributed by atoms with van der Waals surface area (Å²) in [5.41, 5.74) is 7.93. The molecule has 0 aliphatic carbocycles. The first-order chi connectivity index (χ1) is 7.34. The molecule has 3 nitrogen and oxygen atoms in total. The molecule has 74 valence electrons. The maximum Gasteiger partial charge on any atom is 0.237 e. The zero-order valence-corrected chi connectivity index (χ0v) is 8.62. The van der Waals surface area contributed by atoms with E-state index in [9.17, 15) is 0 Å². The van der Waals surface area contributed by atoms with Crippen molar-refractivity contribution in [1.29, 1.82) is 0 Å². The number of aromatic nitrogens is 1. The maximum absolute atomic E-state index is 5.80. The Hall–Kier alpha value is -1.81. The van der Waals surface area contributed by atoms with E-state index in [4.69, 9.17) is 10.2 Å². The standard InChI is InChI=1S/C11H8N2OS/c12-7-3-1-4-8-10(7)13-11(14-8)9-5-2-6-15-9/h1-6H,12H2. The number of hydrogen-bond acceptors (Lipinski definition) is 4. The zero-order valence-electron chi connectivity index (χ0n) is 7.81. The van der Waals surface area contributed by atoms with Crippen molar-refractivity contribution in [2.45, 2.75) is 0 Å². The van der Waals surface area contributed by atoms with Crippen LogP contribution in [0.2, 0.25) is 0 Å². The fourth-order valence-corrected chi connectivity index (χ4v) is 2.12. The number of nitrogen functional groups attached to an aromatic ring is 1. The summed E-state index contributed by atoms with van der Waals surface area (Å²) in [6, 6.07) is 9.50. The van der Waals surface area contributed by atoms with Crippen LogP contribution >= 0.6 is 11.3 Å². The first-order valence-electron chi connectivity index (χ1n) is 4.53. The van der Waals surface area contributed by atoms with Gasteiger partial charge < -0.3 is 10.2 Å². The molecule has 15 heavy (non-hydrogen) atoms. The molecule has 0 saturated carbocycles. The number of fused-ring (bicyclic) bond motifs is 1. The second-order valence-electron chi connectivity index (χ2n) is 3.19. The maximum atomic E-state index is 5.80. The van der Waals surface area contributed by atoms with Gasteiger partial charge in [0.25, 0.3) is 0 Å². The van der Waals surface area contributed by atoms with Gasteiger partial charge in [0, 0.05) is 0 Å². The number of oxazole rings is 1. The van der Waals surface area contributed by atoms with Crippen LogP contribution < -0.4 is 5.73 Å².